The topological polar surface area (TPSA) is 57.5 Å². The molecule has 0 aliphatic rings. The molecular weight excluding hydrogens is 144 g/mol. The maximum atomic E-state index is 10.1. The second-order valence-electron chi connectivity index (χ2n) is 3.41. The Bertz CT molecular complexity index is 124. The smallest absolute Gasteiger partial charge is 0.303 e. The van der Waals surface area contributed by atoms with Gasteiger partial charge in [0.25, 0.3) is 0 Å². The number of hydrogen-bond donors (Lipinski definition) is 2. The lowest BCUT2D eigenvalue weighted by molar-refractivity contribution is -0.137. The van der Waals surface area contributed by atoms with E-state index in [2.05, 4.69) is 0 Å². The molecule has 0 rings (SSSR count). The normalized spacial score (nSPS) is 11.5. The van der Waals surface area contributed by atoms with Gasteiger partial charge in [-0.25, -0.2) is 0 Å². The highest BCUT2D eigenvalue weighted by Crippen LogP contribution is 2.12. The molecule has 0 aromatic carbocycles. The minimum atomic E-state index is -0.763. The molecule has 0 amide bonds. The lowest BCUT2D eigenvalue weighted by Gasteiger charge is -2.15. The van der Waals surface area contributed by atoms with Gasteiger partial charge in [-0.15, -0.1) is 0 Å². The fourth-order valence-corrected chi connectivity index (χ4v) is 0.834. The molecule has 0 aromatic rings. The molecule has 3 heteroatoms. The molecule has 0 heterocycles. The van der Waals surface area contributed by atoms with E-state index < -0.39 is 11.6 Å². The molecule has 0 bridgehead atoms. The van der Waals surface area contributed by atoms with Gasteiger partial charge in [-0.05, 0) is 26.7 Å². The van der Waals surface area contributed by atoms with Crippen molar-refractivity contribution < 1.29 is 15.0 Å². The molecule has 3 nitrogen and oxygen atoms in total. The highest BCUT2D eigenvalue weighted by Gasteiger charge is 2.11. The number of unbranched alkanes of at least 4 members (excludes halogenated alkanes) is 1. The van der Waals surface area contributed by atoms with E-state index in [1.807, 2.05) is 0 Å². The molecule has 0 saturated carbocycles. The zero-order valence-electron chi connectivity index (χ0n) is 7.13. The van der Waals surface area contributed by atoms with Crippen LogP contribution in [0.3, 0.4) is 0 Å². The van der Waals surface area contributed by atoms with Crippen molar-refractivity contribution in [2.75, 3.05) is 0 Å². The molecule has 2 N–H and O–H groups in total. The minimum absolute atomic E-state index is 0.204. The Morgan fingerprint density at radius 1 is 1.36 bits per heavy atom. The third kappa shape index (κ3) is 9.43. The Kier molecular flexibility index (Phi) is 4.11. The summed E-state index contributed by atoms with van der Waals surface area (Å²) >= 11 is 0. The summed E-state index contributed by atoms with van der Waals surface area (Å²) in [5.74, 6) is -0.763. The summed E-state index contributed by atoms with van der Waals surface area (Å²) in [5, 5.41) is 17.5. The number of hydrogen-bond acceptors (Lipinski definition) is 2. The second-order valence-corrected chi connectivity index (χ2v) is 3.41. The predicted octanol–water partition coefficient (Wildman–Crippen LogP) is 1.40. The lowest BCUT2D eigenvalue weighted by atomic mass is 10.0. The third-order valence-corrected chi connectivity index (χ3v) is 1.43. The van der Waals surface area contributed by atoms with Gasteiger partial charge < -0.3 is 10.2 Å². The van der Waals surface area contributed by atoms with Crippen molar-refractivity contribution in [1.82, 2.24) is 0 Å². The summed E-state index contributed by atoms with van der Waals surface area (Å²) in [6, 6.07) is 0. The quantitative estimate of drug-likeness (QED) is 0.598. The molecule has 0 radical (unpaired) electrons. The standard InChI is InChI=1S/C8H16O3/c1-8(2,11)6-4-3-5-7(9)10/h11H,3-6H2,1-2H3,(H,9,10). The fraction of sp³-hybridized carbons (Fsp3) is 0.875. The number of aliphatic carboxylic acids is 1. The molecule has 0 atom stereocenters. The summed E-state index contributed by atoms with van der Waals surface area (Å²) in [7, 11) is 0. The zero-order valence-corrected chi connectivity index (χ0v) is 7.13. The molecule has 0 spiro atoms. The fourth-order valence-electron chi connectivity index (χ4n) is 0.834. The average molecular weight is 160 g/mol. The van der Waals surface area contributed by atoms with E-state index in [1.165, 1.54) is 0 Å². The van der Waals surface area contributed by atoms with Crippen molar-refractivity contribution >= 4 is 5.97 Å². The summed E-state index contributed by atoms with van der Waals surface area (Å²) in [6.45, 7) is 3.46. The Morgan fingerprint density at radius 2 is 1.91 bits per heavy atom. The van der Waals surface area contributed by atoms with E-state index >= 15 is 0 Å². The molecule has 0 aromatic heterocycles. The van der Waals surface area contributed by atoms with Crippen LogP contribution in [-0.2, 0) is 4.79 Å². The highest BCUT2D eigenvalue weighted by molar-refractivity contribution is 5.66. The van der Waals surface area contributed by atoms with Gasteiger partial charge in [-0.2, -0.15) is 0 Å². The van der Waals surface area contributed by atoms with E-state index in [0.717, 1.165) is 6.42 Å². The molecule has 0 unspecified atom stereocenters. The molecule has 0 fully saturated rings. The first-order valence-corrected chi connectivity index (χ1v) is 3.86. The first kappa shape index (κ1) is 10.4. The van der Waals surface area contributed by atoms with Crippen LogP contribution in [0.2, 0.25) is 0 Å². The van der Waals surface area contributed by atoms with Crippen molar-refractivity contribution in [2.45, 2.75) is 45.1 Å². The molecule has 0 saturated heterocycles. The number of carbonyl (C=O) groups is 1. The second kappa shape index (κ2) is 4.34. The lowest BCUT2D eigenvalue weighted by Crippen LogP contribution is -2.17. The predicted molar refractivity (Wildman–Crippen MR) is 42.4 cm³/mol. The summed E-state index contributed by atoms with van der Waals surface area (Å²) < 4.78 is 0. The minimum Gasteiger partial charge on any atom is -0.481 e. The highest BCUT2D eigenvalue weighted by atomic mass is 16.4. The van der Waals surface area contributed by atoms with Crippen LogP contribution in [0.4, 0.5) is 0 Å². The van der Waals surface area contributed by atoms with Crippen molar-refractivity contribution in [3.63, 3.8) is 0 Å². The van der Waals surface area contributed by atoms with Crippen LogP contribution in [0, 0.1) is 0 Å². The van der Waals surface area contributed by atoms with E-state index in [-0.39, 0.29) is 6.42 Å². The first-order valence-electron chi connectivity index (χ1n) is 3.86. The van der Waals surface area contributed by atoms with Gasteiger partial charge in [0.2, 0.25) is 0 Å². The Morgan fingerprint density at radius 3 is 2.27 bits per heavy atom. The first-order chi connectivity index (χ1) is 4.92. The summed E-state index contributed by atoms with van der Waals surface area (Å²) in [5.41, 5.74) is -0.654. The largest absolute Gasteiger partial charge is 0.481 e. The monoisotopic (exact) mass is 160 g/mol. The number of carboxylic acid groups (broad SMARTS) is 1. The zero-order chi connectivity index (χ0) is 8.91. The number of rotatable bonds is 5. The van der Waals surface area contributed by atoms with Crippen molar-refractivity contribution in [1.29, 1.82) is 0 Å². The van der Waals surface area contributed by atoms with E-state index in [4.69, 9.17) is 5.11 Å². The van der Waals surface area contributed by atoms with Crippen molar-refractivity contribution in [3.05, 3.63) is 0 Å². The maximum Gasteiger partial charge on any atom is 0.303 e. The summed E-state index contributed by atoms with van der Waals surface area (Å²) in [6.07, 6.45) is 2.30. The summed E-state index contributed by atoms with van der Waals surface area (Å²) in [4.78, 5) is 10.1. The van der Waals surface area contributed by atoms with Gasteiger partial charge in [-0.3, -0.25) is 4.79 Å². The van der Waals surface area contributed by atoms with E-state index in [9.17, 15) is 9.90 Å². The van der Waals surface area contributed by atoms with Gasteiger partial charge in [-0.1, -0.05) is 6.42 Å². The number of carboxylic acids is 1. The Hall–Kier alpha value is -0.570. The Labute approximate surface area is 67.0 Å². The van der Waals surface area contributed by atoms with Gasteiger partial charge in [0.15, 0.2) is 0 Å². The van der Waals surface area contributed by atoms with Crippen LogP contribution < -0.4 is 0 Å². The van der Waals surface area contributed by atoms with E-state index in [1.54, 1.807) is 13.8 Å². The molecule has 0 aliphatic carbocycles. The number of aliphatic hydroxyl groups is 1. The van der Waals surface area contributed by atoms with Gasteiger partial charge in [0.1, 0.15) is 0 Å². The van der Waals surface area contributed by atoms with Crippen LogP contribution in [0.25, 0.3) is 0 Å². The average Bonchev–Trinajstić information content (AvgIpc) is 1.78. The van der Waals surface area contributed by atoms with E-state index in [0.29, 0.717) is 12.8 Å². The van der Waals surface area contributed by atoms with Crippen LogP contribution in [0.5, 0.6) is 0 Å². The molecular formula is C8H16O3. The Balaban J connectivity index is 3.22. The van der Waals surface area contributed by atoms with Gasteiger partial charge in [0, 0.05) is 6.42 Å². The van der Waals surface area contributed by atoms with Gasteiger partial charge >= 0.3 is 5.97 Å². The SMILES string of the molecule is CC(C)(O)CCCCC(=O)O. The molecule has 66 valence electrons. The third-order valence-electron chi connectivity index (χ3n) is 1.43. The van der Waals surface area contributed by atoms with Crippen LogP contribution >= 0.6 is 0 Å². The molecule has 0 aliphatic heterocycles. The van der Waals surface area contributed by atoms with Crippen LogP contribution in [-0.4, -0.2) is 21.8 Å². The van der Waals surface area contributed by atoms with Crippen LogP contribution in [0.1, 0.15) is 39.5 Å². The van der Waals surface area contributed by atoms with Crippen molar-refractivity contribution in [2.24, 2.45) is 0 Å². The van der Waals surface area contributed by atoms with Gasteiger partial charge in [0.05, 0.1) is 5.60 Å². The van der Waals surface area contributed by atoms with Crippen molar-refractivity contribution in [3.8, 4) is 0 Å². The van der Waals surface area contributed by atoms with Crippen LogP contribution in [0.15, 0.2) is 0 Å². The molecule has 11 heavy (non-hydrogen) atoms. The maximum absolute atomic E-state index is 10.1.